The number of morpholine rings is 1. The highest BCUT2D eigenvalue weighted by Crippen LogP contribution is 2.41. The third-order valence-electron chi connectivity index (χ3n) is 5.32. The molecule has 1 unspecified atom stereocenters. The van der Waals surface area contributed by atoms with Gasteiger partial charge in [-0.15, -0.1) is 0 Å². The monoisotopic (exact) mass is 349 g/mol. The van der Waals surface area contributed by atoms with Gasteiger partial charge in [0.2, 0.25) is 5.91 Å². The Bertz CT molecular complexity index is 657. The predicted molar refractivity (Wildman–Crippen MR) is 89.7 cm³/mol. The van der Waals surface area contributed by atoms with Crippen molar-refractivity contribution >= 4 is 11.9 Å². The fraction of sp³-hybridized carbons (Fsp3) is 0.579. The Morgan fingerprint density at radius 2 is 1.96 bits per heavy atom. The number of carbonyl (C=O) groups is 2. The molecule has 0 bridgehead atoms. The van der Waals surface area contributed by atoms with Crippen LogP contribution in [0.25, 0.3) is 0 Å². The van der Waals surface area contributed by atoms with Crippen LogP contribution in [0.2, 0.25) is 0 Å². The average molecular weight is 349 g/mol. The van der Waals surface area contributed by atoms with Crippen molar-refractivity contribution in [3.63, 3.8) is 0 Å². The molecule has 5 nitrogen and oxygen atoms in total. The molecule has 2 aliphatic rings. The van der Waals surface area contributed by atoms with Gasteiger partial charge in [0.15, 0.2) is 6.10 Å². The van der Waals surface area contributed by atoms with Crippen LogP contribution in [0.15, 0.2) is 24.3 Å². The lowest BCUT2D eigenvalue weighted by molar-refractivity contribution is -0.169. The minimum Gasteiger partial charge on any atom is -0.479 e. The number of carboxylic acid groups (broad SMARTS) is 1. The molecule has 0 aromatic heterocycles. The van der Waals surface area contributed by atoms with E-state index in [0.29, 0.717) is 24.9 Å². The summed E-state index contributed by atoms with van der Waals surface area (Å²) < 4.78 is 19.2. The zero-order valence-corrected chi connectivity index (χ0v) is 14.4. The van der Waals surface area contributed by atoms with E-state index in [9.17, 15) is 19.1 Å². The van der Waals surface area contributed by atoms with Crippen molar-refractivity contribution in [1.29, 1.82) is 0 Å². The number of nitrogens with zero attached hydrogens (tertiary/aromatic N) is 1. The Morgan fingerprint density at radius 3 is 2.60 bits per heavy atom. The van der Waals surface area contributed by atoms with Crippen molar-refractivity contribution in [3.05, 3.63) is 35.6 Å². The quantitative estimate of drug-likeness (QED) is 0.911. The average Bonchev–Trinajstić information content (AvgIpc) is 2.61. The van der Waals surface area contributed by atoms with Crippen molar-refractivity contribution in [2.75, 3.05) is 13.1 Å². The molecule has 1 aliphatic carbocycles. The molecule has 1 saturated carbocycles. The van der Waals surface area contributed by atoms with Crippen molar-refractivity contribution in [2.24, 2.45) is 0 Å². The van der Waals surface area contributed by atoms with Gasteiger partial charge in [0.25, 0.3) is 0 Å². The van der Waals surface area contributed by atoms with Crippen LogP contribution in [0, 0.1) is 5.82 Å². The minimum atomic E-state index is -1.06. The summed E-state index contributed by atoms with van der Waals surface area (Å²) in [5.41, 5.74) is -0.0660. The Balaban J connectivity index is 1.93. The van der Waals surface area contributed by atoms with Crippen LogP contribution in [-0.4, -0.2) is 47.2 Å². The zero-order valence-electron chi connectivity index (χ0n) is 14.4. The van der Waals surface area contributed by atoms with E-state index in [1.54, 1.807) is 17.9 Å². The SMILES string of the molecule is C[C@@H]1CN(C(=O)C2(c3cccc(F)c3)CCCCC2)CC(C(=O)O)O1. The van der Waals surface area contributed by atoms with Gasteiger partial charge in [0, 0.05) is 6.54 Å². The highest BCUT2D eigenvalue weighted by Gasteiger charge is 2.46. The fourth-order valence-corrected chi connectivity index (χ4v) is 4.12. The number of carbonyl (C=O) groups excluding carboxylic acids is 1. The maximum Gasteiger partial charge on any atom is 0.334 e. The van der Waals surface area contributed by atoms with Crippen LogP contribution < -0.4 is 0 Å². The van der Waals surface area contributed by atoms with Crippen molar-refractivity contribution in [1.82, 2.24) is 4.90 Å². The van der Waals surface area contributed by atoms with Gasteiger partial charge in [0.05, 0.1) is 18.1 Å². The molecule has 1 aromatic rings. The van der Waals surface area contributed by atoms with E-state index in [0.717, 1.165) is 19.3 Å². The second-order valence-corrected chi connectivity index (χ2v) is 7.14. The second-order valence-electron chi connectivity index (χ2n) is 7.14. The van der Waals surface area contributed by atoms with E-state index in [2.05, 4.69) is 0 Å². The van der Waals surface area contributed by atoms with Crippen LogP contribution >= 0.6 is 0 Å². The van der Waals surface area contributed by atoms with Gasteiger partial charge in [-0.05, 0) is 37.5 Å². The first-order valence-electron chi connectivity index (χ1n) is 8.86. The van der Waals surface area contributed by atoms with Gasteiger partial charge in [-0.3, -0.25) is 4.79 Å². The summed E-state index contributed by atoms with van der Waals surface area (Å²) in [7, 11) is 0. The number of hydrogen-bond donors (Lipinski definition) is 1. The first-order valence-corrected chi connectivity index (χ1v) is 8.86. The van der Waals surface area contributed by atoms with E-state index >= 15 is 0 Å². The molecule has 6 heteroatoms. The molecule has 1 saturated heterocycles. The standard InChI is InChI=1S/C19H24FNO4/c1-13-11-21(12-16(25-13)17(22)23)18(24)19(8-3-2-4-9-19)14-6-5-7-15(20)10-14/h5-7,10,13,16H,2-4,8-9,11-12H2,1H3,(H,22,23)/t13-,16?/m1/s1. The van der Waals surface area contributed by atoms with Crippen LogP contribution in [0.4, 0.5) is 4.39 Å². The maximum absolute atomic E-state index is 13.8. The smallest absolute Gasteiger partial charge is 0.334 e. The Labute approximate surface area is 146 Å². The number of rotatable bonds is 3. The summed E-state index contributed by atoms with van der Waals surface area (Å²) in [6, 6.07) is 6.27. The predicted octanol–water partition coefficient (Wildman–Crippen LogP) is 2.73. The first-order chi connectivity index (χ1) is 11.9. The Kier molecular flexibility index (Phi) is 5.08. The minimum absolute atomic E-state index is 0.0373. The van der Waals surface area contributed by atoms with Crippen LogP contribution in [0.1, 0.15) is 44.6 Å². The lowest BCUT2D eigenvalue weighted by Crippen LogP contribution is -2.57. The van der Waals surface area contributed by atoms with Gasteiger partial charge in [-0.25, -0.2) is 9.18 Å². The van der Waals surface area contributed by atoms with Gasteiger partial charge >= 0.3 is 5.97 Å². The zero-order chi connectivity index (χ0) is 18.0. The van der Waals surface area contributed by atoms with Crippen molar-refractivity contribution < 1.29 is 23.8 Å². The molecular formula is C19H24FNO4. The van der Waals surface area contributed by atoms with Gasteiger partial charge in [-0.1, -0.05) is 31.4 Å². The van der Waals surface area contributed by atoms with Crippen LogP contribution in [0.3, 0.4) is 0 Å². The molecule has 0 spiro atoms. The van der Waals surface area contributed by atoms with E-state index in [-0.39, 0.29) is 24.4 Å². The number of carboxylic acids is 1. The van der Waals surface area contributed by atoms with Crippen LogP contribution in [0.5, 0.6) is 0 Å². The molecule has 1 heterocycles. The summed E-state index contributed by atoms with van der Waals surface area (Å²) in [6.07, 6.45) is 2.85. The number of aliphatic carboxylic acids is 1. The molecule has 1 aliphatic heterocycles. The van der Waals surface area contributed by atoms with E-state index in [4.69, 9.17) is 4.74 Å². The van der Waals surface area contributed by atoms with E-state index in [1.165, 1.54) is 12.1 Å². The lowest BCUT2D eigenvalue weighted by Gasteiger charge is -2.43. The Morgan fingerprint density at radius 1 is 1.24 bits per heavy atom. The topological polar surface area (TPSA) is 66.8 Å². The third kappa shape index (κ3) is 3.54. The molecule has 3 rings (SSSR count). The number of ether oxygens (including phenoxy) is 1. The molecule has 0 radical (unpaired) electrons. The van der Waals surface area contributed by atoms with Crippen molar-refractivity contribution in [2.45, 2.75) is 56.7 Å². The van der Waals surface area contributed by atoms with Gasteiger partial charge < -0.3 is 14.7 Å². The van der Waals surface area contributed by atoms with Crippen LogP contribution in [-0.2, 0) is 19.7 Å². The third-order valence-corrected chi connectivity index (χ3v) is 5.32. The molecule has 136 valence electrons. The summed E-state index contributed by atoms with van der Waals surface area (Å²) in [5, 5.41) is 9.27. The number of halogens is 1. The largest absolute Gasteiger partial charge is 0.479 e. The highest BCUT2D eigenvalue weighted by atomic mass is 19.1. The normalized spacial score (nSPS) is 26.2. The first kappa shape index (κ1) is 17.9. The molecule has 1 N–H and O–H groups in total. The summed E-state index contributed by atoms with van der Waals surface area (Å²) in [6.45, 7) is 2.17. The molecular weight excluding hydrogens is 325 g/mol. The summed E-state index contributed by atoms with van der Waals surface area (Å²) in [5.74, 6) is -1.51. The maximum atomic E-state index is 13.8. The highest BCUT2D eigenvalue weighted by molar-refractivity contribution is 5.89. The number of hydrogen-bond acceptors (Lipinski definition) is 3. The molecule has 1 amide bonds. The number of amides is 1. The molecule has 2 fully saturated rings. The summed E-state index contributed by atoms with van der Waals surface area (Å²) in [4.78, 5) is 26.4. The Hall–Kier alpha value is -1.95. The molecule has 1 aromatic carbocycles. The van der Waals surface area contributed by atoms with Gasteiger partial charge in [0.1, 0.15) is 5.82 Å². The molecule has 2 atom stereocenters. The molecule has 25 heavy (non-hydrogen) atoms. The van der Waals surface area contributed by atoms with E-state index in [1.807, 2.05) is 6.07 Å². The van der Waals surface area contributed by atoms with Gasteiger partial charge in [-0.2, -0.15) is 0 Å². The number of benzene rings is 1. The van der Waals surface area contributed by atoms with Crippen molar-refractivity contribution in [3.8, 4) is 0 Å². The summed E-state index contributed by atoms with van der Waals surface area (Å²) >= 11 is 0. The fourth-order valence-electron chi connectivity index (χ4n) is 4.12. The lowest BCUT2D eigenvalue weighted by atomic mass is 9.68. The second kappa shape index (κ2) is 7.12. The van der Waals surface area contributed by atoms with E-state index < -0.39 is 17.5 Å².